The number of nitrogens with zero attached hydrogens (tertiary/aromatic N) is 2. The van der Waals surface area contributed by atoms with Gasteiger partial charge in [0.05, 0.1) is 18.8 Å². The van der Waals surface area contributed by atoms with Crippen LogP contribution in [0.15, 0.2) is 58.5 Å². The lowest BCUT2D eigenvalue weighted by atomic mass is 10.2. The summed E-state index contributed by atoms with van der Waals surface area (Å²) in [7, 11) is 0. The molecule has 5 nitrogen and oxygen atoms in total. The molecule has 6 heteroatoms. The second-order valence-electron chi connectivity index (χ2n) is 6.97. The second kappa shape index (κ2) is 9.17. The molecule has 1 saturated heterocycles. The first kappa shape index (κ1) is 18.9. The fourth-order valence-electron chi connectivity index (χ4n) is 3.41. The number of aromatic nitrogens is 1. The number of hydrogen-bond acceptors (Lipinski definition) is 5. The van der Waals surface area contributed by atoms with E-state index in [1.54, 1.807) is 17.5 Å². The average Bonchev–Trinajstić information content (AvgIpc) is 3.49. The highest BCUT2D eigenvalue weighted by Crippen LogP contribution is 2.21. The Kier molecular flexibility index (Phi) is 6.19. The molecule has 1 atom stereocenters. The Bertz CT molecular complexity index is 870. The van der Waals surface area contributed by atoms with E-state index in [0.717, 1.165) is 30.8 Å². The molecule has 0 bridgehead atoms. The van der Waals surface area contributed by atoms with E-state index in [0.29, 0.717) is 31.8 Å². The van der Waals surface area contributed by atoms with Crippen LogP contribution in [0.4, 0.5) is 0 Å². The van der Waals surface area contributed by atoms with Crippen molar-refractivity contribution in [2.45, 2.75) is 38.3 Å². The predicted octanol–water partition coefficient (Wildman–Crippen LogP) is 4.54. The second-order valence-corrected chi connectivity index (χ2v) is 8.01. The molecule has 28 heavy (non-hydrogen) atoms. The summed E-state index contributed by atoms with van der Waals surface area (Å²) in [5.74, 6) is 1.45. The summed E-state index contributed by atoms with van der Waals surface area (Å²) in [6.45, 7) is 2.08. The molecule has 3 heterocycles. The molecule has 0 radical (unpaired) electrons. The molecular formula is C22H24N2O3S. The average molecular weight is 397 g/mol. The van der Waals surface area contributed by atoms with E-state index in [4.69, 9.17) is 9.15 Å². The molecule has 2 aromatic heterocycles. The van der Waals surface area contributed by atoms with Gasteiger partial charge in [-0.3, -0.25) is 4.79 Å². The Morgan fingerprint density at radius 2 is 2.11 bits per heavy atom. The minimum Gasteiger partial charge on any atom is -0.441 e. The molecule has 1 fully saturated rings. The van der Waals surface area contributed by atoms with Crippen molar-refractivity contribution < 1.29 is 13.9 Å². The zero-order chi connectivity index (χ0) is 19.2. The number of benzene rings is 1. The Morgan fingerprint density at radius 3 is 2.86 bits per heavy atom. The van der Waals surface area contributed by atoms with Gasteiger partial charge >= 0.3 is 0 Å². The number of carbonyl (C=O) groups excluding carboxylic acids is 1. The third-order valence-corrected chi connectivity index (χ3v) is 5.75. The molecule has 1 aliphatic rings. The number of rotatable bonds is 8. The van der Waals surface area contributed by atoms with E-state index in [9.17, 15) is 4.79 Å². The number of carbonyl (C=O) groups is 1. The first-order chi connectivity index (χ1) is 13.8. The number of ether oxygens (including phenoxy) is 1. The summed E-state index contributed by atoms with van der Waals surface area (Å²) in [4.78, 5) is 20.4. The summed E-state index contributed by atoms with van der Waals surface area (Å²) in [6.07, 6.45) is 4.85. The topological polar surface area (TPSA) is 55.6 Å². The van der Waals surface area contributed by atoms with Crippen molar-refractivity contribution in [3.63, 3.8) is 0 Å². The molecule has 0 aliphatic carbocycles. The highest BCUT2D eigenvalue weighted by molar-refractivity contribution is 7.09. The fourth-order valence-corrected chi connectivity index (χ4v) is 4.13. The maximum absolute atomic E-state index is 12.9. The Labute approximate surface area is 169 Å². The van der Waals surface area contributed by atoms with Crippen LogP contribution >= 0.6 is 11.3 Å². The maximum Gasteiger partial charge on any atom is 0.223 e. The van der Waals surface area contributed by atoms with Gasteiger partial charge in [-0.25, -0.2) is 4.98 Å². The quantitative estimate of drug-likeness (QED) is 0.561. The third kappa shape index (κ3) is 4.88. The monoisotopic (exact) mass is 396 g/mol. The van der Waals surface area contributed by atoms with Crippen LogP contribution in [0.2, 0.25) is 0 Å². The van der Waals surface area contributed by atoms with Crippen molar-refractivity contribution in [2.75, 3.05) is 13.2 Å². The number of aryl methyl sites for hydroxylation is 1. The minimum absolute atomic E-state index is 0.114. The highest BCUT2D eigenvalue weighted by Gasteiger charge is 2.23. The number of oxazole rings is 1. The van der Waals surface area contributed by atoms with Crippen LogP contribution in [0.3, 0.4) is 0 Å². The van der Waals surface area contributed by atoms with Gasteiger partial charge in [0.25, 0.3) is 0 Å². The van der Waals surface area contributed by atoms with Crippen molar-refractivity contribution in [2.24, 2.45) is 0 Å². The lowest BCUT2D eigenvalue weighted by Crippen LogP contribution is -2.36. The SMILES string of the molecule is O=C(CCc1ncc(-c2ccccc2)o1)N(Cc1cccs1)CC1CCCO1. The lowest BCUT2D eigenvalue weighted by Gasteiger charge is -2.25. The molecule has 3 aromatic rings. The van der Waals surface area contributed by atoms with Gasteiger partial charge in [0.15, 0.2) is 11.7 Å². The van der Waals surface area contributed by atoms with Crippen LogP contribution in [0.1, 0.15) is 30.0 Å². The molecule has 1 unspecified atom stereocenters. The molecule has 0 spiro atoms. The van der Waals surface area contributed by atoms with Gasteiger partial charge in [-0.15, -0.1) is 11.3 Å². The van der Waals surface area contributed by atoms with Crippen molar-refractivity contribution >= 4 is 17.2 Å². The molecule has 146 valence electrons. The van der Waals surface area contributed by atoms with Gasteiger partial charge in [-0.2, -0.15) is 0 Å². The molecule has 4 rings (SSSR count). The summed E-state index contributed by atoms with van der Waals surface area (Å²) in [5.41, 5.74) is 0.991. The van der Waals surface area contributed by atoms with Crippen molar-refractivity contribution in [3.8, 4) is 11.3 Å². The molecule has 1 aromatic carbocycles. The van der Waals surface area contributed by atoms with Gasteiger partial charge in [-0.1, -0.05) is 36.4 Å². The molecule has 1 amide bonds. The fraction of sp³-hybridized carbons (Fsp3) is 0.364. The van der Waals surface area contributed by atoms with E-state index < -0.39 is 0 Å². The maximum atomic E-state index is 12.9. The molecule has 0 N–H and O–H groups in total. The van der Waals surface area contributed by atoms with Crippen LogP contribution in [-0.2, 0) is 22.5 Å². The molecule has 1 aliphatic heterocycles. The lowest BCUT2D eigenvalue weighted by molar-refractivity contribution is -0.133. The normalized spacial score (nSPS) is 16.4. The van der Waals surface area contributed by atoms with Gasteiger partial charge in [-0.05, 0) is 24.3 Å². The Balaban J connectivity index is 1.37. The molecule has 0 saturated carbocycles. The van der Waals surface area contributed by atoms with Gasteiger partial charge in [0.2, 0.25) is 5.91 Å². The van der Waals surface area contributed by atoms with E-state index in [1.807, 2.05) is 46.7 Å². The number of thiophene rings is 1. The standard InChI is InChI=1S/C22H24N2O3S/c25-22(11-10-21-23-14-20(27-21)17-6-2-1-3-7-17)24(15-18-8-4-12-26-18)16-19-9-5-13-28-19/h1-3,5-7,9,13-14,18H,4,8,10-12,15-16H2. The summed E-state index contributed by atoms with van der Waals surface area (Å²) < 4.78 is 11.6. The van der Waals surface area contributed by atoms with E-state index in [2.05, 4.69) is 11.1 Å². The predicted molar refractivity (Wildman–Crippen MR) is 109 cm³/mol. The van der Waals surface area contributed by atoms with E-state index >= 15 is 0 Å². The van der Waals surface area contributed by atoms with Crippen LogP contribution in [0.25, 0.3) is 11.3 Å². The van der Waals surface area contributed by atoms with E-state index in [-0.39, 0.29) is 12.0 Å². The number of hydrogen-bond donors (Lipinski definition) is 0. The molecular weight excluding hydrogens is 372 g/mol. The van der Waals surface area contributed by atoms with Crippen LogP contribution in [-0.4, -0.2) is 35.0 Å². The minimum atomic E-state index is 0.114. The zero-order valence-corrected chi connectivity index (χ0v) is 16.6. The Hall–Kier alpha value is -2.44. The van der Waals surface area contributed by atoms with Gasteiger partial charge < -0.3 is 14.1 Å². The van der Waals surface area contributed by atoms with Crippen LogP contribution in [0, 0.1) is 0 Å². The summed E-state index contributed by atoms with van der Waals surface area (Å²) >= 11 is 1.68. The third-order valence-electron chi connectivity index (χ3n) is 4.89. The number of amides is 1. The summed E-state index contributed by atoms with van der Waals surface area (Å²) in [5, 5.41) is 2.04. The highest BCUT2D eigenvalue weighted by atomic mass is 32.1. The van der Waals surface area contributed by atoms with Crippen molar-refractivity contribution in [3.05, 3.63) is 64.8 Å². The van der Waals surface area contributed by atoms with Crippen LogP contribution < -0.4 is 0 Å². The van der Waals surface area contributed by atoms with Gasteiger partial charge in [0.1, 0.15) is 0 Å². The smallest absolute Gasteiger partial charge is 0.223 e. The van der Waals surface area contributed by atoms with E-state index in [1.165, 1.54) is 4.88 Å². The first-order valence-electron chi connectivity index (χ1n) is 9.70. The summed E-state index contributed by atoms with van der Waals surface area (Å²) in [6, 6.07) is 14.0. The van der Waals surface area contributed by atoms with Crippen LogP contribution in [0.5, 0.6) is 0 Å². The van der Waals surface area contributed by atoms with Gasteiger partial charge in [0, 0.05) is 36.4 Å². The van der Waals surface area contributed by atoms with Crippen molar-refractivity contribution in [1.29, 1.82) is 0 Å². The zero-order valence-electron chi connectivity index (χ0n) is 15.8. The van der Waals surface area contributed by atoms with Crippen molar-refractivity contribution in [1.82, 2.24) is 9.88 Å². The largest absolute Gasteiger partial charge is 0.441 e. The Morgan fingerprint density at radius 1 is 1.21 bits per heavy atom. The first-order valence-corrected chi connectivity index (χ1v) is 10.6.